The molecule has 0 spiro atoms. The Labute approximate surface area is 258 Å². The van der Waals surface area contributed by atoms with Crippen LogP contribution in [-0.2, 0) is 29.6 Å². The zero-order valence-electron chi connectivity index (χ0n) is 26.8. The van der Waals surface area contributed by atoms with Gasteiger partial charge in [0.05, 0.1) is 4.90 Å². The number of ether oxygens (including phenoxy) is 3. The lowest BCUT2D eigenvalue weighted by Crippen LogP contribution is -2.49. The van der Waals surface area contributed by atoms with Crippen molar-refractivity contribution < 1.29 is 27.4 Å². The summed E-state index contributed by atoms with van der Waals surface area (Å²) in [7, 11) is 1.02. The SMILES string of the molecule is COC(OC)c1ccc(S(=O)(=O)N(C)CC(C)(CCN2CCC3C(CCN3C(=O)OC(C)(C)C)C2)c2ccccc2)cc1. The van der Waals surface area contributed by atoms with Crippen LogP contribution >= 0.6 is 0 Å². The van der Waals surface area contributed by atoms with Gasteiger partial charge in [-0.05, 0) is 70.2 Å². The summed E-state index contributed by atoms with van der Waals surface area (Å²) < 4.78 is 45.1. The fourth-order valence-electron chi connectivity index (χ4n) is 6.49. The number of sulfonamides is 1. The normalized spacial score (nSPS) is 21.2. The molecule has 2 aliphatic rings. The zero-order chi connectivity index (χ0) is 31.4. The largest absolute Gasteiger partial charge is 0.444 e. The summed E-state index contributed by atoms with van der Waals surface area (Å²) >= 11 is 0. The average molecular weight is 616 g/mol. The number of hydrogen-bond acceptors (Lipinski definition) is 7. The van der Waals surface area contributed by atoms with Crippen LogP contribution < -0.4 is 0 Å². The highest BCUT2D eigenvalue weighted by molar-refractivity contribution is 7.89. The standard InChI is InChI=1S/C33H49N3O6S/c1-32(2,3)42-31(37)36-21-17-26-23-35(20-18-29(26)36)22-19-33(4,27-11-9-8-10-12-27)24-34(5)43(38,39)28-15-13-25(14-16-28)30(40-6)41-7/h8-16,26,29-30H,17-24H2,1-7H3. The fourth-order valence-corrected chi connectivity index (χ4v) is 7.79. The molecule has 0 bridgehead atoms. The molecule has 3 unspecified atom stereocenters. The summed E-state index contributed by atoms with van der Waals surface area (Å²) in [5.74, 6) is 0.422. The van der Waals surface area contributed by atoms with Crippen molar-refractivity contribution in [2.24, 2.45) is 5.92 Å². The van der Waals surface area contributed by atoms with Gasteiger partial charge in [-0.2, -0.15) is 0 Å². The van der Waals surface area contributed by atoms with E-state index in [1.807, 2.05) is 43.9 Å². The topological polar surface area (TPSA) is 88.6 Å². The summed E-state index contributed by atoms with van der Waals surface area (Å²) in [5.41, 5.74) is 0.956. The third-order valence-corrected chi connectivity index (χ3v) is 10.7. The summed E-state index contributed by atoms with van der Waals surface area (Å²) in [6.07, 6.45) is 1.94. The number of likely N-dealkylation sites (N-methyl/N-ethyl adjacent to an activating group) is 1. The van der Waals surface area contributed by atoms with Crippen LogP contribution in [0.3, 0.4) is 0 Å². The van der Waals surface area contributed by atoms with E-state index in [1.54, 1.807) is 45.5 Å². The maximum atomic E-state index is 13.7. The van der Waals surface area contributed by atoms with Crippen LogP contribution in [0.2, 0.25) is 0 Å². The molecule has 0 saturated carbocycles. The number of methoxy groups -OCH3 is 2. The first-order valence-electron chi connectivity index (χ1n) is 15.2. The second kappa shape index (κ2) is 13.6. The van der Waals surface area contributed by atoms with E-state index in [1.165, 1.54) is 4.31 Å². The Morgan fingerprint density at radius 1 is 0.977 bits per heavy atom. The van der Waals surface area contributed by atoms with Crippen LogP contribution in [0.25, 0.3) is 0 Å². The van der Waals surface area contributed by atoms with Crippen molar-refractivity contribution in [2.45, 2.75) is 75.2 Å². The van der Waals surface area contributed by atoms with E-state index in [-0.39, 0.29) is 17.0 Å². The highest BCUT2D eigenvalue weighted by atomic mass is 32.2. The number of hydrogen-bond donors (Lipinski definition) is 0. The molecule has 1 amide bonds. The van der Waals surface area contributed by atoms with E-state index in [0.717, 1.165) is 56.6 Å². The first kappa shape index (κ1) is 33.4. The summed E-state index contributed by atoms with van der Waals surface area (Å²) in [6, 6.07) is 17.1. The highest BCUT2D eigenvalue weighted by Crippen LogP contribution is 2.35. The molecule has 2 aromatic rings. The van der Waals surface area contributed by atoms with E-state index in [0.29, 0.717) is 12.5 Å². The Kier molecular flexibility index (Phi) is 10.6. The van der Waals surface area contributed by atoms with Crippen LogP contribution in [0, 0.1) is 5.92 Å². The van der Waals surface area contributed by atoms with E-state index in [2.05, 4.69) is 24.0 Å². The maximum Gasteiger partial charge on any atom is 0.410 e. The monoisotopic (exact) mass is 615 g/mol. The van der Waals surface area contributed by atoms with E-state index < -0.39 is 27.3 Å². The molecule has 2 aromatic carbocycles. The second-order valence-corrected chi connectivity index (χ2v) is 15.2. The first-order valence-corrected chi connectivity index (χ1v) is 16.6. The van der Waals surface area contributed by atoms with E-state index in [9.17, 15) is 13.2 Å². The van der Waals surface area contributed by atoms with Gasteiger partial charge in [0, 0.05) is 64.5 Å². The predicted molar refractivity (Wildman–Crippen MR) is 167 cm³/mol. The van der Waals surface area contributed by atoms with Gasteiger partial charge in [0.1, 0.15) is 5.60 Å². The molecule has 4 rings (SSSR count). The number of piperidine rings is 1. The summed E-state index contributed by atoms with van der Waals surface area (Å²) in [4.78, 5) is 17.4. The van der Waals surface area contributed by atoms with E-state index in [4.69, 9.17) is 14.2 Å². The lowest BCUT2D eigenvalue weighted by molar-refractivity contribution is -0.106. The Hall–Kier alpha value is -2.50. The fraction of sp³-hybridized carbons (Fsp3) is 0.606. The number of likely N-dealkylation sites (tertiary alicyclic amines) is 2. The number of carbonyl (C=O) groups is 1. The Morgan fingerprint density at radius 2 is 1.63 bits per heavy atom. The molecule has 0 N–H and O–H groups in total. The van der Waals surface area contributed by atoms with Crippen molar-refractivity contribution in [3.05, 3.63) is 65.7 Å². The lowest BCUT2D eigenvalue weighted by atomic mass is 9.79. The number of benzene rings is 2. The minimum atomic E-state index is -3.73. The third-order valence-electron chi connectivity index (χ3n) is 8.86. The quantitative estimate of drug-likeness (QED) is 0.318. The number of rotatable bonds is 11. The zero-order valence-corrected chi connectivity index (χ0v) is 27.6. The minimum Gasteiger partial charge on any atom is -0.444 e. The maximum absolute atomic E-state index is 13.7. The molecule has 3 atom stereocenters. The summed E-state index contributed by atoms with van der Waals surface area (Å²) in [5, 5.41) is 0. The molecule has 238 valence electrons. The minimum absolute atomic E-state index is 0.207. The Morgan fingerprint density at radius 3 is 2.23 bits per heavy atom. The molecule has 43 heavy (non-hydrogen) atoms. The van der Waals surface area contributed by atoms with Gasteiger partial charge in [-0.15, -0.1) is 0 Å². The van der Waals surface area contributed by atoms with Crippen molar-refractivity contribution in [1.29, 1.82) is 0 Å². The Balaban J connectivity index is 1.44. The number of amides is 1. The van der Waals surface area contributed by atoms with Crippen molar-refractivity contribution in [3.8, 4) is 0 Å². The molecule has 10 heteroatoms. The average Bonchev–Trinajstić information content (AvgIpc) is 3.40. The van der Waals surface area contributed by atoms with Gasteiger partial charge in [0.15, 0.2) is 6.29 Å². The van der Waals surface area contributed by atoms with Crippen LogP contribution in [0.15, 0.2) is 59.5 Å². The van der Waals surface area contributed by atoms with Gasteiger partial charge < -0.3 is 24.0 Å². The number of carbonyl (C=O) groups excluding carboxylic acids is 1. The van der Waals surface area contributed by atoms with Crippen molar-refractivity contribution in [2.75, 3.05) is 54.0 Å². The molecule has 0 radical (unpaired) electrons. The highest BCUT2D eigenvalue weighted by Gasteiger charge is 2.42. The van der Waals surface area contributed by atoms with Gasteiger partial charge in [-0.25, -0.2) is 17.5 Å². The molecule has 2 fully saturated rings. The van der Waals surface area contributed by atoms with Crippen LogP contribution in [0.1, 0.15) is 64.4 Å². The lowest BCUT2D eigenvalue weighted by Gasteiger charge is -2.40. The second-order valence-electron chi connectivity index (χ2n) is 13.2. The van der Waals surface area contributed by atoms with Crippen molar-refractivity contribution >= 4 is 16.1 Å². The van der Waals surface area contributed by atoms with Gasteiger partial charge in [0.2, 0.25) is 10.0 Å². The molecule has 0 aromatic heterocycles. The molecule has 9 nitrogen and oxygen atoms in total. The Bertz CT molecular complexity index is 1310. The molecule has 0 aliphatic carbocycles. The van der Waals surface area contributed by atoms with E-state index >= 15 is 0 Å². The first-order chi connectivity index (χ1) is 20.3. The summed E-state index contributed by atoms with van der Waals surface area (Å²) in [6.45, 7) is 11.6. The number of nitrogens with zero attached hydrogens (tertiary/aromatic N) is 3. The molecule has 2 aliphatic heterocycles. The van der Waals surface area contributed by atoms with Gasteiger partial charge >= 0.3 is 6.09 Å². The van der Waals surface area contributed by atoms with Crippen molar-refractivity contribution in [1.82, 2.24) is 14.1 Å². The third kappa shape index (κ3) is 7.97. The van der Waals surface area contributed by atoms with Crippen LogP contribution in [-0.4, -0.2) is 94.3 Å². The van der Waals surface area contributed by atoms with Crippen LogP contribution in [0.4, 0.5) is 4.79 Å². The van der Waals surface area contributed by atoms with Crippen molar-refractivity contribution in [3.63, 3.8) is 0 Å². The molecule has 2 heterocycles. The molecule has 2 saturated heterocycles. The van der Waals surface area contributed by atoms with Gasteiger partial charge in [-0.1, -0.05) is 49.4 Å². The van der Waals surface area contributed by atoms with Gasteiger partial charge in [0.25, 0.3) is 0 Å². The van der Waals surface area contributed by atoms with Crippen LogP contribution in [0.5, 0.6) is 0 Å². The molecular weight excluding hydrogens is 566 g/mol. The number of fused-ring (bicyclic) bond motifs is 1. The predicted octanol–water partition coefficient (Wildman–Crippen LogP) is 5.28. The smallest absolute Gasteiger partial charge is 0.410 e. The van der Waals surface area contributed by atoms with Gasteiger partial charge in [-0.3, -0.25) is 0 Å². The molecular formula is C33H49N3O6S.